The number of halogens is 3. The van der Waals surface area contributed by atoms with Crippen LogP contribution in [0.25, 0.3) is 6.08 Å². The third-order valence-electron chi connectivity index (χ3n) is 4.03. The number of carbonyl (C=O) groups is 2. The molecule has 7 heteroatoms. The number of hydrogen-bond donors (Lipinski definition) is 1. The SMILES string of the molecule is CCN(CC(=O)Nc1ccccc1C(F)(F)F)C(=O)/C=C/c1ccc(C)cc1. The number of rotatable bonds is 6. The molecule has 0 aromatic heterocycles. The average Bonchev–Trinajstić information content (AvgIpc) is 2.65. The topological polar surface area (TPSA) is 49.4 Å². The van der Waals surface area contributed by atoms with Crippen LogP contribution in [-0.4, -0.2) is 29.8 Å². The van der Waals surface area contributed by atoms with Crippen molar-refractivity contribution in [1.82, 2.24) is 4.90 Å². The molecule has 4 nitrogen and oxygen atoms in total. The Hall–Kier alpha value is -3.09. The van der Waals surface area contributed by atoms with Crippen LogP contribution in [0.4, 0.5) is 18.9 Å². The summed E-state index contributed by atoms with van der Waals surface area (Å²) in [6, 6.07) is 12.2. The van der Waals surface area contributed by atoms with Crippen LogP contribution in [0.2, 0.25) is 0 Å². The van der Waals surface area contributed by atoms with Gasteiger partial charge in [0.1, 0.15) is 6.54 Å². The number of amides is 2. The summed E-state index contributed by atoms with van der Waals surface area (Å²) in [5.41, 5.74) is 0.656. The summed E-state index contributed by atoms with van der Waals surface area (Å²) >= 11 is 0. The van der Waals surface area contributed by atoms with Gasteiger partial charge in [0, 0.05) is 12.6 Å². The van der Waals surface area contributed by atoms with E-state index in [-0.39, 0.29) is 18.8 Å². The summed E-state index contributed by atoms with van der Waals surface area (Å²) in [7, 11) is 0. The van der Waals surface area contributed by atoms with Gasteiger partial charge in [-0.2, -0.15) is 13.2 Å². The van der Waals surface area contributed by atoms with Gasteiger partial charge in [0.05, 0.1) is 11.3 Å². The smallest absolute Gasteiger partial charge is 0.330 e. The Morgan fingerprint density at radius 3 is 2.32 bits per heavy atom. The van der Waals surface area contributed by atoms with Gasteiger partial charge in [0.2, 0.25) is 11.8 Å². The van der Waals surface area contributed by atoms with Crippen molar-refractivity contribution in [3.05, 3.63) is 71.3 Å². The Morgan fingerprint density at radius 2 is 1.71 bits per heavy atom. The molecule has 0 saturated carbocycles. The molecule has 0 aliphatic rings. The largest absolute Gasteiger partial charge is 0.418 e. The molecule has 2 aromatic carbocycles. The molecule has 28 heavy (non-hydrogen) atoms. The molecule has 0 aliphatic heterocycles. The third-order valence-corrected chi connectivity index (χ3v) is 4.03. The highest BCUT2D eigenvalue weighted by Crippen LogP contribution is 2.34. The van der Waals surface area contributed by atoms with Crippen molar-refractivity contribution in [1.29, 1.82) is 0 Å². The number of para-hydroxylation sites is 1. The molecule has 2 rings (SSSR count). The van der Waals surface area contributed by atoms with E-state index in [0.717, 1.165) is 17.2 Å². The zero-order valence-corrected chi connectivity index (χ0v) is 15.6. The molecule has 0 bridgehead atoms. The van der Waals surface area contributed by atoms with Gasteiger partial charge in [-0.3, -0.25) is 9.59 Å². The number of carbonyl (C=O) groups excluding carboxylic acids is 2. The molecule has 0 saturated heterocycles. The Labute approximate surface area is 161 Å². The van der Waals surface area contributed by atoms with Gasteiger partial charge in [-0.1, -0.05) is 42.0 Å². The molecule has 0 unspecified atom stereocenters. The third kappa shape index (κ3) is 5.97. The van der Waals surface area contributed by atoms with Crippen molar-refractivity contribution >= 4 is 23.6 Å². The molecule has 0 heterocycles. The molecule has 0 aliphatic carbocycles. The first-order valence-corrected chi connectivity index (χ1v) is 8.70. The molecule has 0 atom stereocenters. The first-order valence-electron chi connectivity index (χ1n) is 8.70. The molecule has 0 radical (unpaired) electrons. The van der Waals surface area contributed by atoms with Crippen molar-refractivity contribution in [3.63, 3.8) is 0 Å². The van der Waals surface area contributed by atoms with Gasteiger partial charge in [-0.25, -0.2) is 0 Å². The highest BCUT2D eigenvalue weighted by Gasteiger charge is 2.33. The van der Waals surface area contributed by atoms with E-state index in [0.29, 0.717) is 0 Å². The summed E-state index contributed by atoms with van der Waals surface area (Å²) in [6.07, 6.45) is -1.62. The second-order valence-electron chi connectivity index (χ2n) is 6.19. The molecule has 1 N–H and O–H groups in total. The van der Waals surface area contributed by atoms with Gasteiger partial charge >= 0.3 is 6.18 Å². The predicted octanol–water partition coefficient (Wildman–Crippen LogP) is 4.51. The summed E-state index contributed by atoms with van der Waals surface area (Å²) in [4.78, 5) is 25.7. The van der Waals surface area contributed by atoms with Crippen molar-refractivity contribution in [2.24, 2.45) is 0 Å². The highest BCUT2D eigenvalue weighted by atomic mass is 19.4. The molecular formula is C21H21F3N2O2. The fraction of sp³-hybridized carbons (Fsp3) is 0.238. The number of nitrogens with one attached hydrogen (secondary N) is 1. The summed E-state index contributed by atoms with van der Waals surface area (Å²) < 4.78 is 39.1. The maximum absolute atomic E-state index is 13.0. The van der Waals surface area contributed by atoms with E-state index in [1.165, 1.54) is 29.2 Å². The van der Waals surface area contributed by atoms with Crippen LogP contribution in [0.3, 0.4) is 0 Å². The minimum absolute atomic E-state index is 0.241. The van der Waals surface area contributed by atoms with Crippen molar-refractivity contribution in [3.8, 4) is 0 Å². The number of likely N-dealkylation sites (N-methyl/N-ethyl adjacent to an activating group) is 1. The highest BCUT2D eigenvalue weighted by molar-refractivity contribution is 5.98. The quantitative estimate of drug-likeness (QED) is 0.738. The second kappa shape index (κ2) is 9.21. The number of nitrogens with zero attached hydrogens (tertiary/aromatic N) is 1. The lowest BCUT2D eigenvalue weighted by Crippen LogP contribution is -2.37. The van der Waals surface area contributed by atoms with Crippen LogP contribution in [0.15, 0.2) is 54.6 Å². The monoisotopic (exact) mass is 390 g/mol. The fourth-order valence-electron chi connectivity index (χ4n) is 2.50. The Morgan fingerprint density at radius 1 is 1.07 bits per heavy atom. The Bertz CT molecular complexity index is 859. The summed E-state index contributed by atoms with van der Waals surface area (Å²) in [6.45, 7) is 3.53. The minimum atomic E-state index is -4.58. The van der Waals surface area contributed by atoms with Gasteiger partial charge < -0.3 is 10.2 Å². The zero-order chi connectivity index (χ0) is 20.7. The van der Waals surface area contributed by atoms with Crippen LogP contribution in [-0.2, 0) is 15.8 Å². The zero-order valence-electron chi connectivity index (χ0n) is 15.6. The van der Waals surface area contributed by atoms with E-state index >= 15 is 0 Å². The van der Waals surface area contributed by atoms with E-state index in [4.69, 9.17) is 0 Å². The molecule has 2 aromatic rings. The predicted molar refractivity (Wildman–Crippen MR) is 103 cm³/mol. The minimum Gasteiger partial charge on any atom is -0.330 e. The number of alkyl halides is 3. The molecule has 2 amide bonds. The van der Waals surface area contributed by atoms with Crippen molar-refractivity contribution < 1.29 is 22.8 Å². The summed E-state index contributed by atoms with van der Waals surface area (Å²) in [5, 5.41) is 2.24. The number of hydrogen-bond acceptors (Lipinski definition) is 2. The standard InChI is InChI=1S/C21H21F3N2O2/c1-3-26(20(28)13-12-16-10-8-15(2)9-11-16)14-19(27)25-18-7-5-4-6-17(18)21(22,23)24/h4-13H,3,14H2,1-2H3,(H,25,27)/b13-12+. The second-order valence-corrected chi connectivity index (χ2v) is 6.19. The van der Waals surface area contributed by atoms with Crippen LogP contribution >= 0.6 is 0 Å². The van der Waals surface area contributed by atoms with E-state index in [1.54, 1.807) is 13.0 Å². The summed E-state index contributed by atoms with van der Waals surface area (Å²) in [5.74, 6) is -1.10. The first kappa shape index (κ1) is 21.2. The van der Waals surface area contributed by atoms with Crippen molar-refractivity contribution in [2.75, 3.05) is 18.4 Å². The van der Waals surface area contributed by atoms with Gasteiger partial charge in [-0.05, 0) is 37.6 Å². The van der Waals surface area contributed by atoms with Crippen LogP contribution in [0.5, 0.6) is 0 Å². The molecule has 148 valence electrons. The first-order chi connectivity index (χ1) is 13.2. The van der Waals surface area contributed by atoms with E-state index < -0.39 is 23.6 Å². The lowest BCUT2D eigenvalue weighted by atomic mass is 10.1. The normalized spacial score (nSPS) is 11.5. The maximum Gasteiger partial charge on any atom is 0.418 e. The van der Waals surface area contributed by atoms with Gasteiger partial charge in [0.25, 0.3) is 0 Å². The van der Waals surface area contributed by atoms with Crippen LogP contribution in [0, 0.1) is 6.92 Å². The van der Waals surface area contributed by atoms with Crippen LogP contribution in [0.1, 0.15) is 23.6 Å². The lowest BCUT2D eigenvalue weighted by molar-refractivity contribution is -0.137. The lowest BCUT2D eigenvalue weighted by Gasteiger charge is -2.19. The van der Waals surface area contributed by atoms with Gasteiger partial charge in [-0.15, -0.1) is 0 Å². The molecule has 0 spiro atoms. The number of anilines is 1. The van der Waals surface area contributed by atoms with E-state index in [9.17, 15) is 22.8 Å². The maximum atomic E-state index is 13.0. The van der Waals surface area contributed by atoms with E-state index in [1.807, 2.05) is 31.2 Å². The molecule has 0 fully saturated rings. The average molecular weight is 390 g/mol. The molecular weight excluding hydrogens is 369 g/mol. The van der Waals surface area contributed by atoms with Crippen LogP contribution < -0.4 is 5.32 Å². The fourth-order valence-corrected chi connectivity index (χ4v) is 2.50. The van der Waals surface area contributed by atoms with E-state index in [2.05, 4.69) is 5.32 Å². The van der Waals surface area contributed by atoms with Crippen molar-refractivity contribution in [2.45, 2.75) is 20.0 Å². The number of benzene rings is 2. The Balaban J connectivity index is 2.03. The Kier molecular flexibility index (Phi) is 6.98. The van der Waals surface area contributed by atoms with Gasteiger partial charge in [0.15, 0.2) is 0 Å². The number of aryl methyl sites for hydroxylation is 1.